The van der Waals surface area contributed by atoms with Gasteiger partial charge in [-0.2, -0.15) is 5.23 Å². The molecule has 10 heteroatoms. The van der Waals surface area contributed by atoms with Gasteiger partial charge in [0.1, 0.15) is 6.42 Å². The first-order valence-corrected chi connectivity index (χ1v) is 4.35. The van der Waals surface area contributed by atoms with E-state index < -0.39 is 15.7 Å². The highest BCUT2D eigenvalue weighted by Gasteiger charge is 2.47. The molecule has 0 saturated carbocycles. The molecule has 2 aliphatic heterocycles. The number of hydroxylamine groups is 6. The second-order valence-electron chi connectivity index (χ2n) is 3.39. The molecule has 0 aromatic rings. The van der Waals surface area contributed by atoms with E-state index in [-0.39, 0.29) is 34.1 Å². The topological polar surface area (TPSA) is 127 Å². The van der Waals surface area contributed by atoms with Gasteiger partial charge in [0.05, 0.1) is 11.0 Å². The van der Waals surface area contributed by atoms with Crippen LogP contribution in [-0.4, -0.2) is 10.6 Å². The first kappa shape index (κ1) is 9.68. The molecule has 16 heavy (non-hydrogen) atoms. The summed E-state index contributed by atoms with van der Waals surface area (Å²) in [4.78, 5) is 8.70. The van der Waals surface area contributed by atoms with Crippen LogP contribution in [0.3, 0.4) is 0 Å². The van der Waals surface area contributed by atoms with Crippen LogP contribution in [0.15, 0.2) is 23.2 Å². The average molecular weight is 230 g/mol. The van der Waals surface area contributed by atoms with Gasteiger partial charge in [0.15, 0.2) is 0 Å². The molecule has 0 saturated heterocycles. The van der Waals surface area contributed by atoms with Gasteiger partial charge in [-0.25, -0.2) is 4.94 Å². The standard InChI is InChI=1S/C6H6N4O6/c11-7-3-1-4-6(10(14)16-8(4)12)2-5(3)9(13)15-7/h1,7-9H,2H2. The van der Waals surface area contributed by atoms with E-state index in [9.17, 15) is 20.8 Å². The zero-order valence-electron chi connectivity index (χ0n) is 7.68. The summed E-state index contributed by atoms with van der Waals surface area (Å²) >= 11 is 0. The Balaban J connectivity index is 2.08. The van der Waals surface area contributed by atoms with Crippen molar-refractivity contribution in [1.82, 2.24) is 0 Å². The number of quaternary nitrogens is 3. The quantitative estimate of drug-likeness (QED) is 0.359. The molecule has 3 aliphatic rings. The monoisotopic (exact) mass is 230 g/mol. The van der Waals surface area contributed by atoms with Crippen molar-refractivity contribution in [2.24, 2.45) is 0 Å². The van der Waals surface area contributed by atoms with E-state index in [4.69, 9.17) is 0 Å². The van der Waals surface area contributed by atoms with Gasteiger partial charge in [-0.05, 0) is 0 Å². The molecular weight excluding hydrogens is 224 g/mol. The fourth-order valence-corrected chi connectivity index (χ4v) is 1.76. The van der Waals surface area contributed by atoms with E-state index in [1.165, 1.54) is 0 Å². The van der Waals surface area contributed by atoms with Gasteiger partial charge in [-0.1, -0.05) is 0 Å². The van der Waals surface area contributed by atoms with Crippen LogP contribution >= 0.6 is 0 Å². The van der Waals surface area contributed by atoms with Crippen LogP contribution in [0.5, 0.6) is 0 Å². The number of fused-ring (bicyclic) bond motifs is 1. The van der Waals surface area contributed by atoms with Gasteiger partial charge in [-0.15, -0.1) is 10.5 Å². The molecule has 0 amide bonds. The zero-order valence-corrected chi connectivity index (χ0v) is 7.68. The minimum atomic E-state index is -0.830. The molecule has 86 valence electrons. The summed E-state index contributed by atoms with van der Waals surface area (Å²) in [7, 11) is 0. The molecule has 1 aliphatic carbocycles. The summed E-state index contributed by atoms with van der Waals surface area (Å²) in [5.41, 5.74) is 0.134. The van der Waals surface area contributed by atoms with E-state index >= 15 is 0 Å². The van der Waals surface area contributed by atoms with E-state index in [0.717, 1.165) is 6.08 Å². The van der Waals surface area contributed by atoms with E-state index in [1.54, 1.807) is 0 Å². The van der Waals surface area contributed by atoms with Crippen LogP contribution in [0, 0.1) is 20.8 Å². The Morgan fingerprint density at radius 3 is 2.69 bits per heavy atom. The number of rotatable bonds is 0. The Morgan fingerprint density at radius 1 is 1.19 bits per heavy atom. The highest BCUT2D eigenvalue weighted by Crippen LogP contribution is 2.16. The highest BCUT2D eigenvalue weighted by molar-refractivity contribution is 5.97. The predicted molar refractivity (Wildman–Crippen MR) is 43.5 cm³/mol. The van der Waals surface area contributed by atoms with Crippen molar-refractivity contribution in [2.45, 2.75) is 6.42 Å². The number of nitrogens with zero attached hydrogens (tertiary/aromatic N) is 1. The summed E-state index contributed by atoms with van der Waals surface area (Å²) in [6, 6.07) is 0. The van der Waals surface area contributed by atoms with E-state index in [2.05, 4.69) is 9.88 Å². The van der Waals surface area contributed by atoms with Crippen LogP contribution in [0.1, 0.15) is 6.42 Å². The van der Waals surface area contributed by atoms with Gasteiger partial charge in [0.25, 0.3) is 0 Å². The first-order chi connectivity index (χ1) is 7.58. The molecule has 0 aromatic carbocycles. The van der Waals surface area contributed by atoms with E-state index in [1.807, 2.05) is 0 Å². The van der Waals surface area contributed by atoms with Crippen molar-refractivity contribution in [3.63, 3.8) is 0 Å². The summed E-state index contributed by atoms with van der Waals surface area (Å²) in [5.74, 6) is 0. The fourth-order valence-electron chi connectivity index (χ4n) is 1.76. The zero-order chi connectivity index (χ0) is 11.4. The molecule has 3 N–H and O–H groups in total. The summed E-state index contributed by atoms with van der Waals surface area (Å²) < 4.78 is 0. The Kier molecular flexibility index (Phi) is 1.81. The summed E-state index contributed by atoms with van der Waals surface area (Å²) in [6.45, 7) is 0. The molecule has 0 bridgehead atoms. The SMILES string of the molecule is [O-][N+]1=C2CC3=C(C=C2[NH+]([O-])O1)[NH+]([O-])O[NH+]3[O-]. The largest absolute Gasteiger partial charge is 0.598 e. The third kappa shape index (κ3) is 1.11. The molecule has 0 spiro atoms. The molecule has 0 fully saturated rings. The Morgan fingerprint density at radius 2 is 1.94 bits per heavy atom. The van der Waals surface area contributed by atoms with Crippen LogP contribution in [0.4, 0.5) is 0 Å². The van der Waals surface area contributed by atoms with Gasteiger partial charge < -0.3 is 15.6 Å². The van der Waals surface area contributed by atoms with Crippen LogP contribution in [-0.2, 0) is 9.88 Å². The van der Waals surface area contributed by atoms with Gasteiger partial charge in [0, 0.05) is 4.94 Å². The fraction of sp³-hybridized carbons (Fsp3) is 0.167. The Hall–Kier alpha value is -1.53. The highest BCUT2D eigenvalue weighted by atomic mass is 17.1. The van der Waals surface area contributed by atoms with E-state index in [0.29, 0.717) is 0 Å². The van der Waals surface area contributed by atoms with Crippen molar-refractivity contribution >= 4 is 5.71 Å². The number of nitrogens with one attached hydrogen (secondary N) is 3. The smallest absolute Gasteiger partial charge is 0.322 e. The van der Waals surface area contributed by atoms with Crippen LogP contribution in [0.2, 0.25) is 0 Å². The number of hydrogen-bond donors (Lipinski definition) is 3. The Bertz CT molecular complexity index is 454. The molecule has 3 atom stereocenters. The molecule has 0 aromatic heterocycles. The third-order valence-electron chi connectivity index (χ3n) is 2.53. The van der Waals surface area contributed by atoms with Crippen molar-refractivity contribution in [3.8, 4) is 0 Å². The lowest BCUT2D eigenvalue weighted by atomic mass is 10.0. The minimum absolute atomic E-state index is 0.000370. The molecule has 3 rings (SSSR count). The van der Waals surface area contributed by atoms with Gasteiger partial charge >= 0.3 is 5.71 Å². The lowest BCUT2D eigenvalue weighted by molar-refractivity contribution is -1.26. The predicted octanol–water partition coefficient (Wildman–Crippen LogP) is -4.69. The molecule has 2 heterocycles. The van der Waals surface area contributed by atoms with Crippen LogP contribution < -0.4 is 15.7 Å². The van der Waals surface area contributed by atoms with Crippen molar-refractivity contribution in [3.05, 3.63) is 44.0 Å². The maximum Gasteiger partial charge on any atom is 0.322 e. The minimum Gasteiger partial charge on any atom is -0.598 e. The number of allylic oxidation sites excluding steroid dienone is 3. The molecule has 10 nitrogen and oxygen atoms in total. The van der Waals surface area contributed by atoms with Gasteiger partial charge in [-0.3, -0.25) is 5.21 Å². The summed E-state index contributed by atoms with van der Waals surface area (Å²) in [6.07, 6.45) is 1.03. The van der Waals surface area contributed by atoms with Crippen molar-refractivity contribution in [1.29, 1.82) is 0 Å². The lowest BCUT2D eigenvalue weighted by Crippen LogP contribution is -3.17. The second-order valence-corrected chi connectivity index (χ2v) is 3.39. The van der Waals surface area contributed by atoms with Crippen LogP contribution in [0.25, 0.3) is 0 Å². The average Bonchev–Trinajstić information content (AvgIpc) is 2.67. The normalized spacial score (nSPS) is 37.2. The molecular formula is C6H6N4O6. The third-order valence-corrected chi connectivity index (χ3v) is 2.53. The van der Waals surface area contributed by atoms with Gasteiger partial charge in [0.2, 0.25) is 17.1 Å². The number of hydrogen-bond acceptors (Lipinski definition) is 6. The maximum atomic E-state index is 11.2. The van der Waals surface area contributed by atoms with Crippen molar-refractivity contribution < 1.29 is 30.5 Å². The first-order valence-electron chi connectivity index (χ1n) is 4.35. The molecule has 3 unspecified atom stereocenters. The van der Waals surface area contributed by atoms with Crippen molar-refractivity contribution in [2.75, 3.05) is 0 Å². The molecule has 0 radical (unpaired) electrons. The Labute approximate surface area is 87.6 Å². The summed E-state index contributed by atoms with van der Waals surface area (Å²) in [5, 5.41) is 42.3. The lowest BCUT2D eigenvalue weighted by Gasteiger charge is -2.14. The maximum absolute atomic E-state index is 11.2. The second kappa shape index (κ2) is 2.99.